The summed E-state index contributed by atoms with van der Waals surface area (Å²) in [6.45, 7) is 7.56. The summed E-state index contributed by atoms with van der Waals surface area (Å²) in [5, 5.41) is 3.81. The van der Waals surface area contributed by atoms with Crippen LogP contribution in [0.25, 0.3) is 0 Å². The summed E-state index contributed by atoms with van der Waals surface area (Å²) < 4.78 is 0. The third kappa shape index (κ3) is 3.05. The molecule has 1 rings (SSSR count). The third-order valence-electron chi connectivity index (χ3n) is 3.11. The van der Waals surface area contributed by atoms with Crippen LogP contribution in [-0.4, -0.2) is 15.9 Å². The van der Waals surface area contributed by atoms with Gasteiger partial charge in [0, 0.05) is 11.1 Å². The zero-order chi connectivity index (χ0) is 13.9. The Hall–Kier alpha value is -1.01. The van der Waals surface area contributed by atoms with Crippen LogP contribution >= 0.6 is 23.6 Å². The van der Waals surface area contributed by atoms with Gasteiger partial charge in [0.2, 0.25) is 5.91 Å². The van der Waals surface area contributed by atoms with Gasteiger partial charge < -0.3 is 11.1 Å². The average Bonchev–Trinajstić information content (AvgIpc) is 2.74. The van der Waals surface area contributed by atoms with Crippen LogP contribution in [0.1, 0.15) is 43.1 Å². The van der Waals surface area contributed by atoms with Gasteiger partial charge in [0.1, 0.15) is 5.01 Å². The molecule has 1 heterocycles. The van der Waals surface area contributed by atoms with E-state index in [0.29, 0.717) is 6.42 Å². The van der Waals surface area contributed by atoms with Crippen LogP contribution in [0.2, 0.25) is 0 Å². The summed E-state index contributed by atoms with van der Waals surface area (Å²) >= 11 is 6.56. The summed E-state index contributed by atoms with van der Waals surface area (Å²) in [4.78, 5) is 17.8. The molecule has 6 heteroatoms. The molecule has 0 saturated heterocycles. The minimum Gasteiger partial charge on any atom is -0.392 e. The molecule has 1 aromatic heterocycles. The highest BCUT2D eigenvalue weighted by Gasteiger charge is 2.35. The molecule has 0 aromatic carbocycles. The normalized spacial score (nSPS) is 15.8. The SMILES string of the molecule is CCC(C)(C(=O)NC(C)c1ncc(C)s1)C(N)=S. The topological polar surface area (TPSA) is 68.0 Å². The Kier molecular flexibility index (Phi) is 4.81. The molecule has 0 aliphatic carbocycles. The fourth-order valence-corrected chi connectivity index (χ4v) is 2.45. The van der Waals surface area contributed by atoms with E-state index in [1.54, 1.807) is 24.5 Å². The molecule has 3 N–H and O–H groups in total. The predicted molar refractivity (Wildman–Crippen MR) is 78.6 cm³/mol. The van der Waals surface area contributed by atoms with Gasteiger partial charge in [0.25, 0.3) is 0 Å². The zero-order valence-electron chi connectivity index (χ0n) is 11.1. The molecule has 0 aliphatic heterocycles. The smallest absolute Gasteiger partial charge is 0.233 e. The fraction of sp³-hybridized carbons (Fsp3) is 0.583. The van der Waals surface area contributed by atoms with Crippen LogP contribution in [0.4, 0.5) is 0 Å². The number of rotatable bonds is 5. The Morgan fingerprint density at radius 1 is 1.72 bits per heavy atom. The first-order chi connectivity index (χ1) is 8.31. The second kappa shape index (κ2) is 5.75. The number of aromatic nitrogens is 1. The Labute approximate surface area is 117 Å². The summed E-state index contributed by atoms with van der Waals surface area (Å²) in [5.41, 5.74) is 4.86. The van der Waals surface area contributed by atoms with Gasteiger partial charge in [0.15, 0.2) is 0 Å². The number of hydrogen-bond donors (Lipinski definition) is 2. The molecule has 2 atom stereocenters. The lowest BCUT2D eigenvalue weighted by atomic mass is 9.86. The molecule has 4 nitrogen and oxygen atoms in total. The minimum atomic E-state index is -0.796. The third-order valence-corrected chi connectivity index (χ3v) is 4.66. The van der Waals surface area contributed by atoms with E-state index in [1.165, 1.54) is 0 Å². The highest BCUT2D eigenvalue weighted by atomic mass is 32.1. The van der Waals surface area contributed by atoms with Crippen molar-refractivity contribution in [2.45, 2.75) is 40.2 Å². The van der Waals surface area contributed by atoms with Crippen molar-refractivity contribution in [3.8, 4) is 0 Å². The van der Waals surface area contributed by atoms with E-state index in [9.17, 15) is 4.79 Å². The second-order valence-corrected chi connectivity index (χ2v) is 6.26. The van der Waals surface area contributed by atoms with Crippen molar-refractivity contribution in [1.82, 2.24) is 10.3 Å². The van der Waals surface area contributed by atoms with E-state index in [2.05, 4.69) is 10.3 Å². The van der Waals surface area contributed by atoms with E-state index in [4.69, 9.17) is 18.0 Å². The summed E-state index contributed by atoms with van der Waals surface area (Å²) in [5.74, 6) is -0.141. The van der Waals surface area contributed by atoms with Crippen molar-refractivity contribution in [2.24, 2.45) is 11.1 Å². The van der Waals surface area contributed by atoms with Gasteiger partial charge in [-0.15, -0.1) is 11.3 Å². The van der Waals surface area contributed by atoms with E-state index in [1.807, 2.05) is 20.8 Å². The number of hydrogen-bond acceptors (Lipinski definition) is 4. The van der Waals surface area contributed by atoms with Gasteiger partial charge in [0.05, 0.1) is 16.4 Å². The first-order valence-corrected chi connectivity index (χ1v) is 7.07. The minimum absolute atomic E-state index is 0.128. The molecule has 0 fully saturated rings. The largest absolute Gasteiger partial charge is 0.392 e. The van der Waals surface area contributed by atoms with Gasteiger partial charge in [-0.1, -0.05) is 19.1 Å². The molecule has 2 unspecified atom stereocenters. The fourth-order valence-electron chi connectivity index (χ4n) is 1.44. The Morgan fingerprint density at radius 2 is 2.33 bits per heavy atom. The molecule has 18 heavy (non-hydrogen) atoms. The monoisotopic (exact) mass is 285 g/mol. The lowest BCUT2D eigenvalue weighted by Crippen LogP contribution is -2.47. The van der Waals surface area contributed by atoms with Gasteiger partial charge >= 0.3 is 0 Å². The Bertz CT molecular complexity index is 458. The standard InChI is InChI=1S/C12H19N3OS2/c1-5-12(4,10(13)17)11(16)15-8(3)9-14-6-7(2)18-9/h6,8H,5H2,1-4H3,(H2,13,17)(H,15,16). The Balaban J connectivity index is 2.78. The number of thiocarbonyl (C=S) groups is 1. The van der Waals surface area contributed by atoms with Crippen molar-refractivity contribution in [2.75, 3.05) is 0 Å². The van der Waals surface area contributed by atoms with Crippen LogP contribution in [0.15, 0.2) is 6.20 Å². The lowest BCUT2D eigenvalue weighted by Gasteiger charge is -2.27. The first kappa shape index (κ1) is 15.0. The highest BCUT2D eigenvalue weighted by molar-refractivity contribution is 7.80. The average molecular weight is 285 g/mol. The quantitative estimate of drug-likeness (QED) is 0.815. The maximum atomic E-state index is 12.2. The van der Waals surface area contributed by atoms with Gasteiger partial charge in [-0.2, -0.15) is 0 Å². The van der Waals surface area contributed by atoms with Crippen LogP contribution in [0.5, 0.6) is 0 Å². The van der Waals surface area contributed by atoms with Gasteiger partial charge in [-0.05, 0) is 27.2 Å². The Morgan fingerprint density at radius 3 is 2.72 bits per heavy atom. The van der Waals surface area contributed by atoms with Crippen LogP contribution in [0, 0.1) is 12.3 Å². The zero-order valence-corrected chi connectivity index (χ0v) is 12.7. The maximum Gasteiger partial charge on any atom is 0.233 e. The van der Waals surface area contributed by atoms with Crippen molar-refractivity contribution in [1.29, 1.82) is 0 Å². The predicted octanol–water partition coefficient (Wildman–Crippen LogP) is 2.33. The molecular weight excluding hydrogens is 266 g/mol. The molecule has 1 amide bonds. The number of thiazole rings is 1. The van der Waals surface area contributed by atoms with E-state index < -0.39 is 5.41 Å². The molecule has 0 saturated carbocycles. The van der Waals surface area contributed by atoms with Crippen molar-refractivity contribution in [3.05, 3.63) is 16.1 Å². The van der Waals surface area contributed by atoms with E-state index >= 15 is 0 Å². The molecule has 100 valence electrons. The van der Waals surface area contributed by atoms with Crippen molar-refractivity contribution >= 4 is 34.5 Å². The molecule has 1 aromatic rings. The molecule has 0 spiro atoms. The van der Waals surface area contributed by atoms with Crippen molar-refractivity contribution < 1.29 is 4.79 Å². The van der Waals surface area contributed by atoms with Crippen molar-refractivity contribution in [3.63, 3.8) is 0 Å². The first-order valence-electron chi connectivity index (χ1n) is 5.84. The number of nitrogens with two attached hydrogens (primary N) is 1. The number of aryl methyl sites for hydroxylation is 1. The van der Waals surface area contributed by atoms with Crippen LogP contribution in [0.3, 0.4) is 0 Å². The van der Waals surface area contributed by atoms with E-state index in [0.717, 1.165) is 9.88 Å². The molecule has 0 radical (unpaired) electrons. The number of carbonyl (C=O) groups is 1. The number of nitrogens with zero attached hydrogens (tertiary/aromatic N) is 1. The summed E-state index contributed by atoms with van der Waals surface area (Å²) in [7, 11) is 0. The molecule has 0 aliphatic rings. The second-order valence-electron chi connectivity index (χ2n) is 4.55. The molecule has 0 bridgehead atoms. The number of carbonyl (C=O) groups excluding carboxylic acids is 1. The van der Waals surface area contributed by atoms with Crippen LogP contribution in [-0.2, 0) is 4.79 Å². The molecular formula is C12H19N3OS2. The highest BCUT2D eigenvalue weighted by Crippen LogP contribution is 2.25. The number of amides is 1. The van der Waals surface area contributed by atoms with E-state index in [-0.39, 0.29) is 16.9 Å². The van der Waals surface area contributed by atoms with Crippen LogP contribution < -0.4 is 11.1 Å². The van der Waals surface area contributed by atoms with Gasteiger partial charge in [-0.25, -0.2) is 4.98 Å². The maximum absolute atomic E-state index is 12.2. The summed E-state index contributed by atoms with van der Waals surface area (Å²) in [6.07, 6.45) is 2.38. The van der Waals surface area contributed by atoms with Gasteiger partial charge in [-0.3, -0.25) is 4.79 Å². The number of nitrogens with one attached hydrogen (secondary N) is 1. The lowest BCUT2D eigenvalue weighted by molar-refractivity contribution is -0.127. The summed E-state index contributed by atoms with van der Waals surface area (Å²) in [6, 6.07) is -0.128.